The van der Waals surface area contributed by atoms with Gasteiger partial charge in [-0.2, -0.15) is 13.2 Å². The molecule has 2 aromatic heterocycles. The zero-order chi connectivity index (χ0) is 24.1. The molecular weight excluding hydrogens is 463 g/mol. The molecule has 34 heavy (non-hydrogen) atoms. The molecule has 2 heterocycles. The first-order chi connectivity index (χ1) is 16.3. The number of allylic oxidation sites excluding steroid dienone is 1. The van der Waals surface area contributed by atoms with Crippen molar-refractivity contribution < 1.29 is 18.0 Å². The minimum Gasteiger partial charge on any atom is -0.375 e. The maximum absolute atomic E-state index is 13.0. The topological polar surface area (TPSA) is 92.9 Å². The summed E-state index contributed by atoms with van der Waals surface area (Å²) in [5.41, 5.74) is 8.45. The molecule has 10 heteroatoms. The molecule has 0 unspecified atom stereocenters. The second kappa shape index (κ2) is 10.3. The van der Waals surface area contributed by atoms with Crippen LogP contribution in [0.4, 0.5) is 29.8 Å². The molecule has 0 atom stereocenters. The second-order valence-corrected chi connectivity index (χ2v) is 8.87. The van der Waals surface area contributed by atoms with E-state index >= 15 is 0 Å². The van der Waals surface area contributed by atoms with E-state index < -0.39 is 11.7 Å². The Balaban J connectivity index is 1.40. The number of nitrogens with two attached hydrogens (primary N) is 1. The van der Waals surface area contributed by atoms with Gasteiger partial charge in [0.05, 0.1) is 23.1 Å². The predicted octanol–water partition coefficient (Wildman–Crippen LogP) is 5.76. The summed E-state index contributed by atoms with van der Waals surface area (Å²) in [7, 11) is 0. The minimum atomic E-state index is -4.39. The molecule has 0 saturated carbocycles. The van der Waals surface area contributed by atoms with Gasteiger partial charge in [-0.1, -0.05) is 12.1 Å². The maximum Gasteiger partial charge on any atom is 0.416 e. The van der Waals surface area contributed by atoms with Crippen LogP contribution in [-0.2, 0) is 17.4 Å². The molecule has 0 fully saturated rings. The Kier molecular flexibility index (Phi) is 7.16. The highest BCUT2D eigenvalue weighted by molar-refractivity contribution is 7.13. The highest BCUT2D eigenvalue weighted by atomic mass is 32.1. The summed E-state index contributed by atoms with van der Waals surface area (Å²) in [5.74, 6) is 0.418. The number of amides is 1. The average molecular weight is 488 g/mol. The van der Waals surface area contributed by atoms with Crippen LogP contribution in [0, 0.1) is 0 Å². The number of nitrogen functional groups attached to an aromatic ring is 1. The molecule has 0 radical (unpaired) electrons. The third-order valence-electron chi connectivity index (χ3n) is 5.58. The van der Waals surface area contributed by atoms with Crippen LogP contribution in [0.3, 0.4) is 0 Å². The van der Waals surface area contributed by atoms with Crippen LogP contribution in [-0.4, -0.2) is 22.4 Å². The predicted molar refractivity (Wildman–Crippen MR) is 128 cm³/mol. The van der Waals surface area contributed by atoms with Crippen molar-refractivity contribution in [3.05, 3.63) is 70.4 Å². The highest BCUT2D eigenvalue weighted by Crippen LogP contribution is 2.35. The van der Waals surface area contributed by atoms with Crippen LogP contribution >= 0.6 is 11.3 Å². The first-order valence-electron chi connectivity index (χ1n) is 10.9. The van der Waals surface area contributed by atoms with Crippen molar-refractivity contribution in [3.63, 3.8) is 0 Å². The van der Waals surface area contributed by atoms with Crippen LogP contribution in [0.25, 0.3) is 5.57 Å². The number of carbonyl (C=O) groups is 1. The third-order valence-corrected chi connectivity index (χ3v) is 6.30. The minimum absolute atomic E-state index is 0.252. The summed E-state index contributed by atoms with van der Waals surface area (Å²) >= 11 is 1.40. The van der Waals surface area contributed by atoms with Gasteiger partial charge in [-0.05, 0) is 61.1 Å². The first-order valence-corrected chi connectivity index (χ1v) is 11.8. The van der Waals surface area contributed by atoms with E-state index in [-0.39, 0.29) is 5.91 Å². The number of alkyl halides is 3. The van der Waals surface area contributed by atoms with Crippen LogP contribution in [0.15, 0.2) is 53.5 Å². The molecule has 3 aromatic rings. The molecule has 4 N–H and O–H groups in total. The van der Waals surface area contributed by atoms with Crippen molar-refractivity contribution in [2.45, 2.75) is 38.3 Å². The van der Waals surface area contributed by atoms with Gasteiger partial charge in [-0.3, -0.25) is 4.79 Å². The molecule has 0 saturated heterocycles. The Hall–Kier alpha value is -3.40. The summed E-state index contributed by atoms with van der Waals surface area (Å²) < 4.78 is 38.7. The monoisotopic (exact) mass is 487 g/mol. The molecule has 0 aliphatic heterocycles. The smallest absolute Gasteiger partial charge is 0.375 e. The number of thiazole rings is 1. The summed E-state index contributed by atoms with van der Waals surface area (Å²) in [5, 5.41) is 8.53. The summed E-state index contributed by atoms with van der Waals surface area (Å²) in [6.07, 6.45) is 0.886. The zero-order valence-electron chi connectivity index (χ0n) is 18.3. The van der Waals surface area contributed by atoms with Gasteiger partial charge in [0.15, 0.2) is 5.13 Å². The normalized spacial score (nSPS) is 14.2. The number of pyridine rings is 1. The Labute approximate surface area is 199 Å². The van der Waals surface area contributed by atoms with Gasteiger partial charge in [0.25, 0.3) is 5.91 Å². The van der Waals surface area contributed by atoms with Crippen molar-refractivity contribution in [2.75, 3.05) is 22.9 Å². The summed E-state index contributed by atoms with van der Waals surface area (Å²) in [4.78, 5) is 21.5. The number of anilines is 3. The molecule has 6 nitrogen and oxygen atoms in total. The second-order valence-electron chi connectivity index (χ2n) is 7.98. The molecule has 1 amide bonds. The Morgan fingerprint density at radius 1 is 1.09 bits per heavy atom. The Morgan fingerprint density at radius 2 is 1.85 bits per heavy atom. The van der Waals surface area contributed by atoms with Crippen molar-refractivity contribution in [1.82, 2.24) is 9.97 Å². The summed E-state index contributed by atoms with van der Waals surface area (Å²) in [6.45, 7) is 0.644. The standard InChI is InChI=1S/C24H24F3N5OS/c25-24(26,27)16-7-5-15(6-8-16)19-3-1-2-4-20(19)22(33)31-17-9-10-21(30-13-17)29-12-11-18-14-34-23(28)32-18/h5-10,13-14H,1-4,11-12H2,(H2,28,32)(H,29,30)(H,31,33). The van der Waals surface area contributed by atoms with Gasteiger partial charge in [-0.25, -0.2) is 9.97 Å². The number of benzene rings is 1. The van der Waals surface area contributed by atoms with E-state index in [0.717, 1.165) is 42.7 Å². The van der Waals surface area contributed by atoms with E-state index in [4.69, 9.17) is 5.73 Å². The van der Waals surface area contributed by atoms with Crippen LogP contribution in [0.5, 0.6) is 0 Å². The number of rotatable bonds is 7. The molecule has 1 aliphatic carbocycles. The van der Waals surface area contributed by atoms with Gasteiger partial charge in [0, 0.05) is 23.9 Å². The molecule has 0 bridgehead atoms. The number of carbonyl (C=O) groups excluding carboxylic acids is 1. The van der Waals surface area contributed by atoms with Gasteiger partial charge < -0.3 is 16.4 Å². The first kappa shape index (κ1) is 23.7. The van der Waals surface area contributed by atoms with Crippen molar-refractivity contribution in [2.24, 2.45) is 0 Å². The fourth-order valence-electron chi connectivity index (χ4n) is 3.87. The SMILES string of the molecule is Nc1nc(CCNc2ccc(NC(=O)C3=C(c4ccc(C(F)(F)F)cc4)CCCC3)cn2)cs1. The lowest BCUT2D eigenvalue weighted by Crippen LogP contribution is -2.18. The fraction of sp³-hybridized carbons (Fsp3) is 0.292. The molecule has 1 aliphatic rings. The van der Waals surface area contributed by atoms with Crippen molar-refractivity contribution in [3.8, 4) is 0 Å². The van der Waals surface area contributed by atoms with E-state index in [2.05, 4.69) is 20.6 Å². The molecule has 4 rings (SSSR count). The van der Waals surface area contributed by atoms with E-state index in [1.165, 1.54) is 23.5 Å². The van der Waals surface area contributed by atoms with Gasteiger partial charge >= 0.3 is 6.18 Å². The number of aromatic nitrogens is 2. The number of hydrogen-bond donors (Lipinski definition) is 3. The number of hydrogen-bond acceptors (Lipinski definition) is 6. The Morgan fingerprint density at radius 3 is 2.50 bits per heavy atom. The molecular formula is C24H24F3N5OS. The van der Waals surface area contributed by atoms with Gasteiger partial charge in [0.1, 0.15) is 5.82 Å². The number of halogens is 3. The third kappa shape index (κ3) is 5.93. The van der Waals surface area contributed by atoms with E-state index in [1.807, 2.05) is 5.38 Å². The van der Waals surface area contributed by atoms with Crippen LogP contribution in [0.2, 0.25) is 0 Å². The summed E-state index contributed by atoms with van der Waals surface area (Å²) in [6, 6.07) is 8.54. The number of nitrogens with one attached hydrogen (secondary N) is 2. The van der Waals surface area contributed by atoms with Crippen molar-refractivity contribution in [1.29, 1.82) is 0 Å². The lowest BCUT2D eigenvalue weighted by molar-refractivity contribution is -0.137. The molecule has 0 spiro atoms. The fourth-order valence-corrected chi connectivity index (χ4v) is 4.47. The highest BCUT2D eigenvalue weighted by Gasteiger charge is 2.30. The lowest BCUT2D eigenvalue weighted by atomic mass is 9.86. The van der Waals surface area contributed by atoms with E-state index in [1.54, 1.807) is 18.3 Å². The van der Waals surface area contributed by atoms with Crippen LogP contribution < -0.4 is 16.4 Å². The van der Waals surface area contributed by atoms with Gasteiger partial charge in [-0.15, -0.1) is 11.3 Å². The quantitative estimate of drug-likeness (QED) is 0.394. The van der Waals surface area contributed by atoms with E-state index in [9.17, 15) is 18.0 Å². The van der Waals surface area contributed by atoms with E-state index in [0.29, 0.717) is 47.2 Å². The lowest BCUT2D eigenvalue weighted by Gasteiger charge is -2.21. The zero-order valence-corrected chi connectivity index (χ0v) is 19.1. The maximum atomic E-state index is 13.0. The molecule has 178 valence electrons. The van der Waals surface area contributed by atoms with Crippen molar-refractivity contribution >= 4 is 39.5 Å². The average Bonchev–Trinajstić information content (AvgIpc) is 3.24. The molecule has 1 aromatic carbocycles. The van der Waals surface area contributed by atoms with Gasteiger partial charge in [0.2, 0.25) is 0 Å². The largest absolute Gasteiger partial charge is 0.416 e. The Bertz CT molecular complexity index is 1170. The van der Waals surface area contributed by atoms with Crippen LogP contribution in [0.1, 0.15) is 42.5 Å². The number of nitrogens with zero attached hydrogens (tertiary/aromatic N) is 2.